The summed E-state index contributed by atoms with van der Waals surface area (Å²) in [6, 6.07) is 14.5. The van der Waals surface area contributed by atoms with Crippen LogP contribution in [0.1, 0.15) is 29.3 Å². The molecule has 30 heavy (non-hydrogen) atoms. The number of fused-ring (bicyclic) bond motifs is 1. The van der Waals surface area contributed by atoms with E-state index in [1.807, 2.05) is 54.7 Å². The second-order valence-electron chi connectivity index (χ2n) is 8.36. The van der Waals surface area contributed by atoms with Crippen molar-refractivity contribution >= 4 is 16.8 Å². The first-order valence-corrected chi connectivity index (χ1v) is 10.4. The maximum absolute atomic E-state index is 13.0. The van der Waals surface area contributed by atoms with Crippen LogP contribution in [0.3, 0.4) is 0 Å². The number of carbonyl (C=O) groups is 1. The highest BCUT2D eigenvalue weighted by molar-refractivity contribution is 5.94. The van der Waals surface area contributed by atoms with Crippen molar-refractivity contribution in [2.24, 2.45) is 5.92 Å². The summed E-state index contributed by atoms with van der Waals surface area (Å²) in [6.45, 7) is 5.76. The van der Waals surface area contributed by atoms with Gasteiger partial charge in [0.05, 0.1) is 17.9 Å². The van der Waals surface area contributed by atoms with E-state index in [0.29, 0.717) is 5.92 Å². The summed E-state index contributed by atoms with van der Waals surface area (Å²) in [5.74, 6) is 0.520. The van der Waals surface area contributed by atoms with Crippen molar-refractivity contribution in [3.8, 4) is 11.1 Å². The summed E-state index contributed by atoms with van der Waals surface area (Å²) >= 11 is 0. The summed E-state index contributed by atoms with van der Waals surface area (Å²) < 4.78 is 2.08. The SMILES string of the molecule is Cc1ccc(C(=O)N2C[C@H](Cn3ncc4cc(-c5cn[nH]c5)ccc43)C[C@H]2C)cc1. The number of nitrogens with one attached hydrogen (secondary N) is 1. The fraction of sp³-hybridized carbons (Fsp3) is 0.292. The minimum Gasteiger partial charge on any atom is -0.336 e. The Bertz CT molecular complexity index is 1180. The maximum atomic E-state index is 13.0. The fourth-order valence-electron chi connectivity index (χ4n) is 4.49. The Morgan fingerprint density at radius 2 is 1.97 bits per heavy atom. The minimum atomic E-state index is 0.125. The quantitative estimate of drug-likeness (QED) is 0.557. The molecule has 0 radical (unpaired) electrons. The number of aromatic amines is 1. The molecule has 0 saturated carbocycles. The van der Waals surface area contributed by atoms with Crippen molar-refractivity contribution in [1.82, 2.24) is 24.9 Å². The molecule has 3 heterocycles. The topological polar surface area (TPSA) is 66.8 Å². The molecule has 4 aromatic rings. The highest BCUT2D eigenvalue weighted by Crippen LogP contribution is 2.28. The third-order valence-electron chi connectivity index (χ3n) is 6.13. The molecule has 5 rings (SSSR count). The van der Waals surface area contributed by atoms with E-state index in [1.165, 1.54) is 5.56 Å². The van der Waals surface area contributed by atoms with E-state index in [4.69, 9.17) is 0 Å². The van der Waals surface area contributed by atoms with Crippen molar-refractivity contribution in [3.05, 3.63) is 72.2 Å². The molecule has 6 heteroatoms. The van der Waals surface area contributed by atoms with E-state index in [-0.39, 0.29) is 11.9 Å². The predicted molar refractivity (Wildman–Crippen MR) is 117 cm³/mol. The molecule has 152 valence electrons. The summed E-state index contributed by atoms with van der Waals surface area (Å²) in [5, 5.41) is 12.6. The number of amides is 1. The second-order valence-corrected chi connectivity index (χ2v) is 8.36. The Labute approximate surface area is 175 Å². The smallest absolute Gasteiger partial charge is 0.254 e. The first-order chi connectivity index (χ1) is 14.6. The number of H-pyrrole nitrogens is 1. The average Bonchev–Trinajstić information content (AvgIpc) is 3.49. The van der Waals surface area contributed by atoms with Crippen LogP contribution in [0, 0.1) is 12.8 Å². The molecule has 0 spiro atoms. The second kappa shape index (κ2) is 7.44. The van der Waals surface area contributed by atoms with Gasteiger partial charge >= 0.3 is 0 Å². The van der Waals surface area contributed by atoms with E-state index in [2.05, 4.69) is 45.1 Å². The number of aromatic nitrogens is 4. The van der Waals surface area contributed by atoms with E-state index in [0.717, 1.165) is 47.1 Å². The van der Waals surface area contributed by atoms with Gasteiger partial charge in [0.1, 0.15) is 0 Å². The van der Waals surface area contributed by atoms with Crippen LogP contribution >= 0.6 is 0 Å². The molecule has 0 bridgehead atoms. The standard InChI is InChI=1S/C24H25N5O/c1-16-3-5-19(6-4-16)24(30)28-14-18(9-17(28)2)15-29-23-8-7-20(10-21(23)13-27-29)22-11-25-26-12-22/h3-8,10-13,17-18H,9,14-15H2,1-2H3,(H,25,26)/t17-,18-/m1/s1. The van der Waals surface area contributed by atoms with Gasteiger partial charge in [-0.3, -0.25) is 14.6 Å². The molecule has 0 unspecified atom stereocenters. The summed E-state index contributed by atoms with van der Waals surface area (Å²) in [7, 11) is 0. The van der Waals surface area contributed by atoms with Crippen molar-refractivity contribution < 1.29 is 4.79 Å². The number of nitrogens with zero attached hydrogens (tertiary/aromatic N) is 4. The first-order valence-electron chi connectivity index (χ1n) is 10.4. The van der Waals surface area contributed by atoms with Gasteiger partial charge in [-0.05, 0) is 56.0 Å². The van der Waals surface area contributed by atoms with Crippen molar-refractivity contribution in [1.29, 1.82) is 0 Å². The fourth-order valence-corrected chi connectivity index (χ4v) is 4.49. The Morgan fingerprint density at radius 1 is 1.13 bits per heavy atom. The highest BCUT2D eigenvalue weighted by atomic mass is 16.2. The molecule has 1 aliphatic heterocycles. The third-order valence-corrected chi connectivity index (χ3v) is 6.13. The molecule has 2 atom stereocenters. The number of carbonyl (C=O) groups excluding carboxylic acids is 1. The van der Waals surface area contributed by atoms with E-state index < -0.39 is 0 Å². The zero-order valence-electron chi connectivity index (χ0n) is 17.2. The molecule has 1 N–H and O–H groups in total. The Hall–Kier alpha value is -3.41. The molecule has 2 aromatic carbocycles. The number of hydrogen-bond acceptors (Lipinski definition) is 3. The lowest BCUT2D eigenvalue weighted by Gasteiger charge is -2.21. The van der Waals surface area contributed by atoms with Gasteiger partial charge in [-0.25, -0.2) is 0 Å². The van der Waals surface area contributed by atoms with Crippen LogP contribution in [-0.4, -0.2) is 43.4 Å². The number of benzene rings is 2. The van der Waals surface area contributed by atoms with Crippen LogP contribution in [-0.2, 0) is 6.54 Å². The zero-order chi connectivity index (χ0) is 20.7. The van der Waals surface area contributed by atoms with Crippen LogP contribution in [0.2, 0.25) is 0 Å². The predicted octanol–water partition coefficient (Wildman–Crippen LogP) is 4.29. The molecule has 1 saturated heterocycles. The van der Waals surface area contributed by atoms with E-state index in [1.54, 1.807) is 0 Å². The van der Waals surface area contributed by atoms with Gasteiger partial charge in [-0.15, -0.1) is 0 Å². The molecular weight excluding hydrogens is 374 g/mol. The molecule has 0 aliphatic carbocycles. The molecule has 1 aliphatic rings. The van der Waals surface area contributed by atoms with Crippen molar-refractivity contribution in [2.45, 2.75) is 32.9 Å². The lowest BCUT2D eigenvalue weighted by molar-refractivity contribution is 0.0742. The number of likely N-dealkylation sites (tertiary alicyclic amines) is 1. The lowest BCUT2D eigenvalue weighted by atomic mass is 10.1. The number of rotatable bonds is 4. The minimum absolute atomic E-state index is 0.125. The molecule has 6 nitrogen and oxygen atoms in total. The normalized spacial score (nSPS) is 18.9. The van der Waals surface area contributed by atoms with Gasteiger partial charge in [0.15, 0.2) is 0 Å². The lowest BCUT2D eigenvalue weighted by Crippen LogP contribution is -2.34. The monoisotopic (exact) mass is 399 g/mol. The van der Waals surface area contributed by atoms with Crippen LogP contribution in [0.4, 0.5) is 0 Å². The van der Waals surface area contributed by atoms with Gasteiger partial charge < -0.3 is 4.90 Å². The van der Waals surface area contributed by atoms with Crippen LogP contribution in [0.25, 0.3) is 22.0 Å². The van der Waals surface area contributed by atoms with Gasteiger partial charge in [0, 0.05) is 41.8 Å². The molecule has 1 fully saturated rings. The average molecular weight is 399 g/mol. The third kappa shape index (κ3) is 3.38. The van der Waals surface area contributed by atoms with Crippen LogP contribution in [0.15, 0.2) is 61.1 Å². The van der Waals surface area contributed by atoms with Crippen LogP contribution in [0.5, 0.6) is 0 Å². The summed E-state index contributed by atoms with van der Waals surface area (Å²) in [4.78, 5) is 15.0. The first kappa shape index (κ1) is 18.6. The van der Waals surface area contributed by atoms with Gasteiger partial charge in [0.25, 0.3) is 5.91 Å². The van der Waals surface area contributed by atoms with Crippen molar-refractivity contribution in [2.75, 3.05) is 6.54 Å². The number of aryl methyl sites for hydroxylation is 1. The molecule has 2 aromatic heterocycles. The van der Waals surface area contributed by atoms with Crippen LogP contribution < -0.4 is 0 Å². The Kier molecular flexibility index (Phi) is 4.62. The Morgan fingerprint density at radius 3 is 2.73 bits per heavy atom. The van der Waals surface area contributed by atoms with Crippen molar-refractivity contribution in [3.63, 3.8) is 0 Å². The van der Waals surface area contributed by atoms with E-state index in [9.17, 15) is 4.79 Å². The van der Waals surface area contributed by atoms with Gasteiger partial charge in [-0.2, -0.15) is 10.2 Å². The van der Waals surface area contributed by atoms with E-state index >= 15 is 0 Å². The summed E-state index contributed by atoms with van der Waals surface area (Å²) in [5.41, 5.74) is 5.25. The molecular formula is C24H25N5O. The number of hydrogen-bond donors (Lipinski definition) is 1. The maximum Gasteiger partial charge on any atom is 0.254 e. The Balaban J connectivity index is 1.32. The van der Waals surface area contributed by atoms with Gasteiger partial charge in [0.2, 0.25) is 0 Å². The zero-order valence-corrected chi connectivity index (χ0v) is 17.2. The summed E-state index contributed by atoms with van der Waals surface area (Å²) in [6.07, 6.45) is 6.63. The highest BCUT2D eigenvalue weighted by Gasteiger charge is 2.33. The largest absolute Gasteiger partial charge is 0.336 e. The molecule has 1 amide bonds. The van der Waals surface area contributed by atoms with Gasteiger partial charge in [-0.1, -0.05) is 23.8 Å².